The van der Waals surface area contributed by atoms with Crippen molar-refractivity contribution in [1.29, 1.82) is 0 Å². The lowest BCUT2D eigenvalue weighted by Crippen LogP contribution is -2.57. The van der Waals surface area contributed by atoms with Gasteiger partial charge < -0.3 is 0 Å². The minimum Gasteiger partial charge on any atom is -0.219 e. The third kappa shape index (κ3) is 6.61. The number of rotatable bonds is 16. The Hall–Kier alpha value is -1.79. The first-order chi connectivity index (χ1) is 20.4. The van der Waals surface area contributed by atoms with Gasteiger partial charge in [0.1, 0.15) is 0 Å². The fraction of sp³-hybridized carbons (Fsp3) is 0.743. The van der Waals surface area contributed by atoms with Crippen molar-refractivity contribution >= 4 is 23.2 Å². The second-order valence-corrected chi connectivity index (χ2v) is 14.2. The minimum absolute atomic E-state index is 0.227. The van der Waals surface area contributed by atoms with E-state index in [2.05, 4.69) is 115 Å². The molecule has 3 rings (SSSR count). The maximum absolute atomic E-state index is 7.41. The minimum atomic E-state index is -1.25. The summed E-state index contributed by atoms with van der Waals surface area (Å²) in [7, 11) is 0. The second kappa shape index (κ2) is 15.0. The number of hydrogen-bond acceptors (Lipinski definition) is 3. The maximum atomic E-state index is 7.41. The van der Waals surface area contributed by atoms with E-state index in [1.165, 1.54) is 0 Å². The summed E-state index contributed by atoms with van der Waals surface area (Å²) in [6, 6.07) is 6.83. The van der Waals surface area contributed by atoms with Crippen LogP contribution in [0.4, 0.5) is 0 Å². The molecular weight excluding hydrogens is 575 g/mol. The summed E-state index contributed by atoms with van der Waals surface area (Å²) in [5, 5.41) is 16.3. The van der Waals surface area contributed by atoms with E-state index >= 15 is 0 Å². The number of halogens is 2. The molecule has 0 spiro atoms. The number of aromatic nitrogens is 6. The molecule has 0 bridgehead atoms. The van der Waals surface area contributed by atoms with Gasteiger partial charge in [0.15, 0.2) is 4.84 Å². The molecule has 3 aromatic rings. The van der Waals surface area contributed by atoms with Gasteiger partial charge in [-0.25, -0.2) is 14.0 Å². The molecule has 8 heteroatoms. The van der Waals surface area contributed by atoms with E-state index in [9.17, 15) is 0 Å². The van der Waals surface area contributed by atoms with Gasteiger partial charge in [-0.1, -0.05) is 106 Å². The molecule has 0 fully saturated rings. The van der Waals surface area contributed by atoms with E-state index in [-0.39, 0.29) is 35.5 Å². The van der Waals surface area contributed by atoms with E-state index in [0.29, 0.717) is 0 Å². The highest BCUT2D eigenvalue weighted by Crippen LogP contribution is 2.42. The Balaban J connectivity index is 2.67. The summed E-state index contributed by atoms with van der Waals surface area (Å²) in [6.45, 7) is 26.8. The molecule has 6 nitrogen and oxygen atoms in total. The average molecular weight is 634 g/mol. The fourth-order valence-electron chi connectivity index (χ4n) is 5.61. The molecule has 43 heavy (non-hydrogen) atoms. The van der Waals surface area contributed by atoms with Gasteiger partial charge in [-0.3, -0.25) is 0 Å². The first-order valence-electron chi connectivity index (χ1n) is 17.0. The van der Waals surface area contributed by atoms with Gasteiger partial charge in [-0.2, -0.15) is 15.3 Å². The largest absolute Gasteiger partial charge is 0.280 e. The lowest BCUT2D eigenvalue weighted by atomic mass is 9.99. The SMILES string of the molecule is CCC(C)c1cc(C(C)CC)n(C(C(Cl)Cl)(n2nc(C(C)CC)cc2C(C)CC)n2nc(C(C)CC)cc2C(C)CC)n1. The fourth-order valence-corrected chi connectivity index (χ4v) is 6.17. The topological polar surface area (TPSA) is 53.5 Å². The van der Waals surface area contributed by atoms with Crippen molar-refractivity contribution in [2.75, 3.05) is 0 Å². The van der Waals surface area contributed by atoms with E-state index in [4.69, 9.17) is 38.5 Å². The molecule has 0 N–H and O–H groups in total. The van der Waals surface area contributed by atoms with Crippen molar-refractivity contribution in [2.45, 2.75) is 168 Å². The van der Waals surface area contributed by atoms with Crippen molar-refractivity contribution in [2.24, 2.45) is 0 Å². The summed E-state index contributed by atoms with van der Waals surface area (Å²) in [4.78, 5) is -0.944. The van der Waals surface area contributed by atoms with Crippen LogP contribution in [0.2, 0.25) is 0 Å². The molecular formula is C35H58Cl2N6. The summed E-state index contributed by atoms with van der Waals surface area (Å²) < 4.78 is 6.35. The number of nitrogens with zero attached hydrogens (tertiary/aromatic N) is 6. The highest BCUT2D eigenvalue weighted by molar-refractivity contribution is 6.45. The molecule has 0 aliphatic carbocycles. The van der Waals surface area contributed by atoms with Crippen LogP contribution in [0, 0.1) is 0 Å². The molecule has 0 radical (unpaired) electrons. The van der Waals surface area contributed by atoms with Crippen LogP contribution in [0.25, 0.3) is 0 Å². The Morgan fingerprint density at radius 1 is 0.488 bits per heavy atom. The lowest BCUT2D eigenvalue weighted by molar-refractivity contribution is 0.112. The van der Waals surface area contributed by atoms with Crippen LogP contribution >= 0.6 is 23.2 Å². The zero-order valence-electron chi connectivity index (χ0n) is 29.0. The highest BCUT2D eigenvalue weighted by Gasteiger charge is 2.51. The van der Waals surface area contributed by atoms with Crippen molar-refractivity contribution in [3.05, 3.63) is 52.4 Å². The van der Waals surface area contributed by atoms with Crippen LogP contribution in [0.15, 0.2) is 18.2 Å². The average Bonchev–Trinajstić information content (AvgIpc) is 3.77. The van der Waals surface area contributed by atoms with E-state index in [1.807, 2.05) is 0 Å². The smallest absolute Gasteiger partial charge is 0.219 e. The zero-order chi connectivity index (χ0) is 32.2. The molecule has 0 saturated carbocycles. The van der Waals surface area contributed by atoms with Crippen LogP contribution < -0.4 is 0 Å². The molecule has 0 amide bonds. The van der Waals surface area contributed by atoms with Crippen molar-refractivity contribution in [1.82, 2.24) is 29.3 Å². The third-order valence-electron chi connectivity index (χ3n) is 10.2. The Bertz CT molecular complexity index is 1150. The predicted octanol–water partition coefficient (Wildman–Crippen LogP) is 10.9. The summed E-state index contributed by atoms with van der Waals surface area (Å²) >= 11 is 14.8. The van der Waals surface area contributed by atoms with Crippen LogP contribution in [0.5, 0.6) is 0 Å². The van der Waals surface area contributed by atoms with E-state index < -0.39 is 10.6 Å². The first kappa shape index (κ1) is 35.7. The van der Waals surface area contributed by atoms with E-state index in [1.54, 1.807) is 0 Å². The molecule has 6 unspecified atom stereocenters. The standard InChI is InChI=1S/C35H58Cl2N6/c1-13-22(7)28-19-31(25(10)16-4)41(38-28)35(34(36)37,42-32(26(11)17-5)20-29(39-42)23(8)14-2)43-33(27(12)18-6)21-30(40-43)24(9)15-3/h19-27,34H,13-18H2,1-12H3. The second-order valence-electron chi connectivity index (χ2n) is 13.1. The summed E-state index contributed by atoms with van der Waals surface area (Å²) in [5.74, 6) is 0.296. The molecule has 3 aromatic heterocycles. The Morgan fingerprint density at radius 2 is 0.721 bits per heavy atom. The zero-order valence-corrected chi connectivity index (χ0v) is 30.5. The van der Waals surface area contributed by atoms with Crippen molar-refractivity contribution in [3.63, 3.8) is 0 Å². The monoisotopic (exact) mass is 632 g/mol. The van der Waals surface area contributed by atoms with Gasteiger partial charge in [-0.05, 0) is 92.2 Å². The van der Waals surface area contributed by atoms with Crippen LogP contribution in [0.3, 0.4) is 0 Å². The lowest BCUT2D eigenvalue weighted by Gasteiger charge is -2.41. The van der Waals surface area contributed by atoms with Gasteiger partial charge >= 0.3 is 0 Å². The van der Waals surface area contributed by atoms with Crippen LogP contribution in [-0.2, 0) is 5.79 Å². The Labute approximate surface area is 271 Å². The van der Waals surface area contributed by atoms with Gasteiger partial charge in [0.2, 0.25) is 0 Å². The van der Waals surface area contributed by atoms with Gasteiger partial charge in [0.25, 0.3) is 5.79 Å². The molecule has 0 saturated heterocycles. The summed E-state index contributed by atoms with van der Waals surface area (Å²) in [5.41, 5.74) is 6.47. The van der Waals surface area contributed by atoms with Crippen molar-refractivity contribution in [3.8, 4) is 0 Å². The molecule has 0 aromatic carbocycles. The quantitative estimate of drug-likeness (QED) is 0.148. The van der Waals surface area contributed by atoms with Gasteiger partial charge in [-0.15, -0.1) is 0 Å². The number of alkyl halides is 2. The molecule has 242 valence electrons. The summed E-state index contributed by atoms with van der Waals surface area (Å²) in [6.07, 6.45) is 5.85. The van der Waals surface area contributed by atoms with Gasteiger partial charge in [0, 0.05) is 17.1 Å². The Kier molecular flexibility index (Phi) is 12.4. The van der Waals surface area contributed by atoms with Gasteiger partial charge in [0.05, 0.1) is 17.1 Å². The molecule has 6 atom stereocenters. The Morgan fingerprint density at radius 3 is 0.907 bits per heavy atom. The maximum Gasteiger partial charge on any atom is 0.280 e. The number of hydrogen-bond donors (Lipinski definition) is 0. The predicted molar refractivity (Wildman–Crippen MR) is 183 cm³/mol. The normalized spacial score (nSPS) is 17.9. The third-order valence-corrected chi connectivity index (χ3v) is 10.8. The molecule has 0 aliphatic rings. The first-order valence-corrected chi connectivity index (χ1v) is 17.8. The van der Waals surface area contributed by atoms with E-state index in [0.717, 1.165) is 72.7 Å². The highest BCUT2D eigenvalue weighted by atomic mass is 35.5. The van der Waals surface area contributed by atoms with Crippen LogP contribution in [0.1, 0.15) is 191 Å². The van der Waals surface area contributed by atoms with Crippen LogP contribution in [-0.4, -0.2) is 34.2 Å². The van der Waals surface area contributed by atoms with Crippen molar-refractivity contribution < 1.29 is 0 Å². The molecule has 0 aliphatic heterocycles. The molecule has 3 heterocycles.